The van der Waals surface area contributed by atoms with Crippen molar-refractivity contribution in [3.8, 4) is 11.5 Å². The molecule has 2 aromatic carbocycles. The Kier molecular flexibility index (Phi) is 6.76. The monoisotopic (exact) mass is 419 g/mol. The molecule has 31 heavy (non-hydrogen) atoms. The van der Waals surface area contributed by atoms with Crippen molar-refractivity contribution in [3.63, 3.8) is 0 Å². The average Bonchev–Trinajstić information content (AvgIpc) is 3.35. The zero-order valence-corrected chi connectivity index (χ0v) is 17.1. The summed E-state index contributed by atoms with van der Waals surface area (Å²) < 4.78 is 11.0. The van der Waals surface area contributed by atoms with Crippen molar-refractivity contribution in [2.24, 2.45) is 0 Å². The zero-order chi connectivity index (χ0) is 21.5. The molecule has 2 heterocycles. The highest BCUT2D eigenvalue weighted by Gasteiger charge is 2.28. The number of ether oxygens (including phenoxy) is 1. The van der Waals surface area contributed by atoms with Crippen LogP contribution < -0.4 is 15.4 Å². The number of carbonyl (C=O) groups excluding carboxylic acids is 2. The predicted molar refractivity (Wildman–Crippen MR) is 116 cm³/mol. The van der Waals surface area contributed by atoms with Gasteiger partial charge in [0.15, 0.2) is 11.5 Å². The number of carbonyl (C=O) groups is 2. The molecule has 0 bridgehead atoms. The Morgan fingerprint density at radius 1 is 1.03 bits per heavy atom. The van der Waals surface area contributed by atoms with E-state index in [-0.39, 0.29) is 17.9 Å². The van der Waals surface area contributed by atoms with Crippen molar-refractivity contribution in [1.82, 2.24) is 15.5 Å². The van der Waals surface area contributed by atoms with E-state index in [2.05, 4.69) is 10.6 Å². The third kappa shape index (κ3) is 5.39. The van der Waals surface area contributed by atoms with Crippen molar-refractivity contribution in [3.05, 3.63) is 84.3 Å². The standard InChI is InChI=1S/C24H25N3O4/c28-21(18-8-10-20(11-9-18)31-19-5-2-1-3-6-19)12-13-26-23-17-25-14-15-27(23)24(29)22-7-4-16-30-22/h1-11,16,23,25-26H,12-15,17H2. The maximum atomic E-state index is 12.6. The molecule has 7 nitrogen and oxygen atoms in total. The van der Waals surface area contributed by atoms with Gasteiger partial charge in [-0.2, -0.15) is 0 Å². The molecule has 4 rings (SSSR count). The van der Waals surface area contributed by atoms with Crippen molar-refractivity contribution in [2.45, 2.75) is 12.6 Å². The van der Waals surface area contributed by atoms with E-state index < -0.39 is 0 Å². The first kappa shape index (κ1) is 20.8. The molecule has 7 heteroatoms. The fourth-order valence-corrected chi connectivity index (χ4v) is 3.50. The molecule has 1 atom stereocenters. The number of para-hydroxylation sites is 1. The Bertz CT molecular complexity index is 987. The number of benzene rings is 2. The van der Waals surface area contributed by atoms with Crippen LogP contribution in [0.2, 0.25) is 0 Å². The molecule has 1 aromatic heterocycles. The second kappa shape index (κ2) is 10.1. The van der Waals surface area contributed by atoms with E-state index in [9.17, 15) is 9.59 Å². The van der Waals surface area contributed by atoms with Gasteiger partial charge in [-0.25, -0.2) is 0 Å². The van der Waals surface area contributed by atoms with E-state index in [0.29, 0.717) is 43.1 Å². The van der Waals surface area contributed by atoms with Gasteiger partial charge in [0, 0.05) is 38.2 Å². The summed E-state index contributed by atoms with van der Waals surface area (Å²) in [6.45, 7) is 2.39. The second-order valence-electron chi connectivity index (χ2n) is 7.26. The van der Waals surface area contributed by atoms with Crippen LogP contribution >= 0.6 is 0 Å². The summed E-state index contributed by atoms with van der Waals surface area (Å²) in [6.07, 6.45) is 1.63. The quantitative estimate of drug-likeness (QED) is 0.545. The Morgan fingerprint density at radius 2 is 1.81 bits per heavy atom. The summed E-state index contributed by atoms with van der Waals surface area (Å²) in [5.74, 6) is 1.64. The third-order valence-corrected chi connectivity index (χ3v) is 5.12. The smallest absolute Gasteiger partial charge is 0.290 e. The molecule has 1 aliphatic rings. The largest absolute Gasteiger partial charge is 0.459 e. The van der Waals surface area contributed by atoms with Crippen molar-refractivity contribution in [1.29, 1.82) is 0 Å². The number of amides is 1. The van der Waals surface area contributed by atoms with E-state index in [4.69, 9.17) is 9.15 Å². The number of ketones is 1. The van der Waals surface area contributed by atoms with E-state index in [1.54, 1.807) is 41.3 Å². The minimum absolute atomic E-state index is 0.0337. The highest BCUT2D eigenvalue weighted by atomic mass is 16.5. The normalized spacial score (nSPS) is 16.1. The van der Waals surface area contributed by atoms with Crippen LogP contribution in [0.4, 0.5) is 0 Å². The van der Waals surface area contributed by atoms with Crippen LogP contribution in [0.3, 0.4) is 0 Å². The van der Waals surface area contributed by atoms with Crippen LogP contribution in [0, 0.1) is 0 Å². The highest BCUT2D eigenvalue weighted by Crippen LogP contribution is 2.21. The van der Waals surface area contributed by atoms with Gasteiger partial charge >= 0.3 is 0 Å². The van der Waals surface area contributed by atoms with Gasteiger partial charge < -0.3 is 19.4 Å². The molecule has 1 fully saturated rings. The number of rotatable bonds is 8. The molecule has 1 saturated heterocycles. The summed E-state index contributed by atoms with van der Waals surface area (Å²) in [5.41, 5.74) is 0.632. The van der Waals surface area contributed by atoms with Gasteiger partial charge in [0.1, 0.15) is 11.5 Å². The summed E-state index contributed by atoms with van der Waals surface area (Å²) >= 11 is 0. The maximum absolute atomic E-state index is 12.6. The van der Waals surface area contributed by atoms with Gasteiger partial charge in [-0.15, -0.1) is 0 Å². The molecular weight excluding hydrogens is 394 g/mol. The highest BCUT2D eigenvalue weighted by molar-refractivity contribution is 5.96. The van der Waals surface area contributed by atoms with Gasteiger partial charge in [-0.3, -0.25) is 14.9 Å². The summed E-state index contributed by atoms with van der Waals surface area (Å²) in [4.78, 5) is 26.9. The number of hydrogen-bond donors (Lipinski definition) is 2. The SMILES string of the molecule is O=C(CCNC1CNCCN1C(=O)c1ccco1)c1ccc(Oc2ccccc2)cc1. The molecule has 1 aliphatic heterocycles. The van der Waals surface area contributed by atoms with Crippen molar-refractivity contribution in [2.75, 3.05) is 26.2 Å². The molecular formula is C24H25N3O4. The lowest BCUT2D eigenvalue weighted by Gasteiger charge is -2.36. The van der Waals surface area contributed by atoms with Crippen molar-refractivity contribution >= 4 is 11.7 Å². The van der Waals surface area contributed by atoms with Gasteiger partial charge in [0.25, 0.3) is 5.91 Å². The molecule has 1 unspecified atom stereocenters. The fourth-order valence-electron chi connectivity index (χ4n) is 3.50. The Labute approximate surface area is 181 Å². The van der Waals surface area contributed by atoms with Crippen LogP contribution in [-0.4, -0.2) is 48.9 Å². The minimum Gasteiger partial charge on any atom is -0.459 e. The number of piperazine rings is 1. The van der Waals surface area contributed by atoms with Gasteiger partial charge in [-0.1, -0.05) is 18.2 Å². The Morgan fingerprint density at radius 3 is 2.55 bits per heavy atom. The molecule has 0 radical (unpaired) electrons. The van der Waals surface area contributed by atoms with Gasteiger partial charge in [-0.05, 0) is 48.5 Å². The van der Waals surface area contributed by atoms with Crippen LogP contribution in [0.25, 0.3) is 0 Å². The minimum atomic E-state index is -0.194. The van der Waals surface area contributed by atoms with Crippen LogP contribution in [0.5, 0.6) is 11.5 Å². The van der Waals surface area contributed by atoms with E-state index in [1.165, 1.54) is 6.26 Å². The Hall–Kier alpha value is -3.42. The van der Waals surface area contributed by atoms with Gasteiger partial charge in [0.05, 0.1) is 12.4 Å². The molecule has 0 spiro atoms. The second-order valence-corrected chi connectivity index (χ2v) is 7.26. The molecule has 0 aliphatic carbocycles. The summed E-state index contributed by atoms with van der Waals surface area (Å²) in [7, 11) is 0. The maximum Gasteiger partial charge on any atom is 0.290 e. The Balaban J connectivity index is 1.28. The molecule has 2 N–H and O–H groups in total. The number of furan rings is 1. The lowest BCUT2D eigenvalue weighted by molar-refractivity contribution is 0.0558. The van der Waals surface area contributed by atoms with E-state index in [0.717, 1.165) is 12.3 Å². The first-order valence-corrected chi connectivity index (χ1v) is 10.4. The topological polar surface area (TPSA) is 83.8 Å². The summed E-state index contributed by atoms with van der Waals surface area (Å²) in [6, 6.07) is 20.0. The average molecular weight is 419 g/mol. The predicted octanol–water partition coefficient (Wildman–Crippen LogP) is 3.31. The first-order valence-electron chi connectivity index (χ1n) is 10.4. The number of nitrogens with one attached hydrogen (secondary N) is 2. The number of Topliss-reactive ketones (excluding diaryl/α,β-unsaturated/α-hetero) is 1. The van der Waals surface area contributed by atoms with E-state index >= 15 is 0 Å². The van der Waals surface area contributed by atoms with Crippen LogP contribution in [0.1, 0.15) is 27.3 Å². The molecule has 1 amide bonds. The zero-order valence-electron chi connectivity index (χ0n) is 17.1. The van der Waals surface area contributed by atoms with Crippen LogP contribution in [0.15, 0.2) is 77.4 Å². The number of nitrogens with zero attached hydrogens (tertiary/aromatic N) is 1. The fraction of sp³-hybridized carbons (Fsp3) is 0.250. The lowest BCUT2D eigenvalue weighted by Crippen LogP contribution is -2.59. The lowest BCUT2D eigenvalue weighted by atomic mass is 10.1. The van der Waals surface area contributed by atoms with Gasteiger partial charge in [0.2, 0.25) is 0 Å². The van der Waals surface area contributed by atoms with Crippen molar-refractivity contribution < 1.29 is 18.7 Å². The first-order chi connectivity index (χ1) is 15.2. The molecule has 3 aromatic rings. The van der Waals surface area contributed by atoms with E-state index in [1.807, 2.05) is 30.3 Å². The third-order valence-electron chi connectivity index (χ3n) is 5.12. The summed E-state index contributed by atoms with van der Waals surface area (Å²) in [5, 5.41) is 6.59. The van der Waals surface area contributed by atoms with Crippen LogP contribution in [-0.2, 0) is 0 Å². The molecule has 160 valence electrons. The molecule has 0 saturated carbocycles. The number of hydrogen-bond acceptors (Lipinski definition) is 6.